The molecule has 0 N–H and O–H groups in total. The maximum absolute atomic E-state index is 12.6. The predicted molar refractivity (Wildman–Crippen MR) is 103 cm³/mol. The molecule has 0 bridgehead atoms. The van der Waals surface area contributed by atoms with Crippen molar-refractivity contribution in [2.75, 3.05) is 19.3 Å². The Morgan fingerprint density at radius 1 is 0.958 bits per heavy atom. The van der Waals surface area contributed by atoms with E-state index in [2.05, 4.69) is 66.1 Å². The van der Waals surface area contributed by atoms with E-state index in [1.165, 1.54) is 29.5 Å². The summed E-state index contributed by atoms with van der Waals surface area (Å²) in [6.07, 6.45) is 5.05. The van der Waals surface area contributed by atoms with E-state index >= 15 is 0 Å². The number of thiol groups is 1. The summed E-state index contributed by atoms with van der Waals surface area (Å²) in [6, 6.07) is 19.1. The summed E-state index contributed by atoms with van der Waals surface area (Å²) in [6.45, 7) is 1.92. The van der Waals surface area contributed by atoms with Gasteiger partial charge >= 0.3 is 0 Å². The van der Waals surface area contributed by atoms with Crippen molar-refractivity contribution in [3.63, 3.8) is 0 Å². The summed E-state index contributed by atoms with van der Waals surface area (Å²) in [5.41, 5.74) is 3.87. The Labute approximate surface area is 150 Å². The van der Waals surface area contributed by atoms with Crippen molar-refractivity contribution < 1.29 is 4.79 Å². The van der Waals surface area contributed by atoms with Crippen molar-refractivity contribution in [3.05, 3.63) is 60.2 Å². The van der Waals surface area contributed by atoms with Crippen molar-refractivity contribution in [1.29, 1.82) is 0 Å². The van der Waals surface area contributed by atoms with Crippen LogP contribution in [0.4, 0.5) is 0 Å². The topological polar surface area (TPSA) is 20.3 Å². The van der Waals surface area contributed by atoms with E-state index in [1.54, 1.807) is 6.26 Å². The Morgan fingerprint density at radius 2 is 1.58 bits per heavy atom. The van der Waals surface area contributed by atoms with Crippen LogP contribution in [0.5, 0.6) is 0 Å². The monoisotopic (exact) mass is 339 g/mol. The standard InChI is InChI=1S/C20H21NO.CH4S/c22-20(21-12-6-7-13-21)19-14-18(19)17-11-5-4-10-16(17)15-8-2-1-3-9-15;1-2/h1-5,8-11,18-19H,6-7,12-14H2;2H,1H3. The third kappa shape index (κ3) is 3.51. The zero-order valence-corrected chi connectivity index (χ0v) is 15.1. The summed E-state index contributed by atoms with van der Waals surface area (Å²) in [5, 5.41) is 0. The van der Waals surface area contributed by atoms with Crippen LogP contribution in [-0.4, -0.2) is 30.2 Å². The Morgan fingerprint density at radius 3 is 2.29 bits per heavy atom. The molecular formula is C21H25NOS. The summed E-state index contributed by atoms with van der Waals surface area (Å²) in [5.74, 6) is 0.998. The molecule has 0 spiro atoms. The van der Waals surface area contributed by atoms with Crippen LogP contribution in [0.1, 0.15) is 30.7 Å². The van der Waals surface area contributed by atoms with Crippen LogP contribution in [0, 0.1) is 5.92 Å². The fourth-order valence-corrected chi connectivity index (χ4v) is 3.68. The van der Waals surface area contributed by atoms with Crippen LogP contribution in [0.2, 0.25) is 0 Å². The van der Waals surface area contributed by atoms with Gasteiger partial charge in [0.15, 0.2) is 0 Å². The predicted octanol–water partition coefficient (Wildman–Crippen LogP) is 4.63. The van der Waals surface area contributed by atoms with Gasteiger partial charge in [0.05, 0.1) is 0 Å². The molecule has 0 radical (unpaired) electrons. The van der Waals surface area contributed by atoms with Gasteiger partial charge in [-0.2, -0.15) is 12.6 Å². The van der Waals surface area contributed by atoms with E-state index in [0.717, 1.165) is 19.5 Å². The lowest BCUT2D eigenvalue weighted by Crippen LogP contribution is -2.29. The van der Waals surface area contributed by atoms with Gasteiger partial charge in [-0.1, -0.05) is 54.6 Å². The molecule has 3 heteroatoms. The van der Waals surface area contributed by atoms with Crippen LogP contribution in [0.15, 0.2) is 54.6 Å². The van der Waals surface area contributed by atoms with Gasteiger partial charge in [0.2, 0.25) is 5.91 Å². The lowest BCUT2D eigenvalue weighted by atomic mass is 9.96. The van der Waals surface area contributed by atoms with Crippen molar-refractivity contribution in [2.45, 2.75) is 25.2 Å². The molecule has 1 heterocycles. The van der Waals surface area contributed by atoms with Gasteiger partial charge in [-0.25, -0.2) is 0 Å². The first-order chi connectivity index (χ1) is 11.8. The first-order valence-electron chi connectivity index (χ1n) is 8.72. The zero-order chi connectivity index (χ0) is 16.9. The number of carbonyl (C=O) groups excluding carboxylic acids is 1. The fourth-order valence-electron chi connectivity index (χ4n) is 3.68. The minimum atomic E-state index is 0.211. The third-order valence-electron chi connectivity index (χ3n) is 4.97. The summed E-state index contributed by atoms with van der Waals surface area (Å²) < 4.78 is 0. The number of amides is 1. The number of rotatable bonds is 3. The summed E-state index contributed by atoms with van der Waals surface area (Å²) >= 11 is 3.53. The van der Waals surface area contributed by atoms with Gasteiger partial charge in [-0.15, -0.1) is 0 Å². The first-order valence-corrected chi connectivity index (χ1v) is 9.62. The van der Waals surface area contributed by atoms with E-state index < -0.39 is 0 Å². The van der Waals surface area contributed by atoms with Gasteiger partial charge in [-0.3, -0.25) is 4.79 Å². The molecule has 2 unspecified atom stereocenters. The zero-order valence-electron chi connectivity index (χ0n) is 14.2. The quantitative estimate of drug-likeness (QED) is 0.809. The van der Waals surface area contributed by atoms with Crippen LogP contribution in [0.25, 0.3) is 11.1 Å². The Balaban J connectivity index is 0.000000815. The number of hydrogen-bond acceptors (Lipinski definition) is 2. The molecule has 2 aliphatic rings. The van der Waals surface area contributed by atoms with Crippen molar-refractivity contribution in [1.82, 2.24) is 4.90 Å². The molecule has 126 valence electrons. The molecule has 1 aliphatic carbocycles. The lowest BCUT2D eigenvalue weighted by Gasteiger charge is -2.15. The van der Waals surface area contributed by atoms with Crippen molar-refractivity contribution >= 4 is 18.5 Å². The fraction of sp³-hybridized carbons (Fsp3) is 0.381. The molecular weight excluding hydrogens is 314 g/mol. The summed E-state index contributed by atoms with van der Waals surface area (Å²) in [4.78, 5) is 14.6. The lowest BCUT2D eigenvalue weighted by molar-refractivity contribution is -0.131. The van der Waals surface area contributed by atoms with Gasteiger partial charge in [0.25, 0.3) is 0 Å². The molecule has 1 saturated carbocycles. The minimum Gasteiger partial charge on any atom is -0.342 e. The van der Waals surface area contributed by atoms with E-state index in [1.807, 2.05) is 6.07 Å². The van der Waals surface area contributed by atoms with Crippen LogP contribution < -0.4 is 0 Å². The van der Waals surface area contributed by atoms with E-state index in [9.17, 15) is 4.79 Å². The molecule has 1 amide bonds. The molecule has 2 aromatic carbocycles. The third-order valence-corrected chi connectivity index (χ3v) is 4.97. The Kier molecular flexibility index (Phi) is 5.62. The average Bonchev–Trinajstić information content (AvgIpc) is 3.27. The number of likely N-dealkylation sites (tertiary alicyclic amines) is 1. The van der Waals surface area contributed by atoms with Crippen LogP contribution in [0.3, 0.4) is 0 Å². The number of hydrogen-bond donors (Lipinski definition) is 1. The van der Waals surface area contributed by atoms with Crippen molar-refractivity contribution in [3.8, 4) is 11.1 Å². The molecule has 1 aliphatic heterocycles. The Hall–Kier alpha value is -1.74. The Bertz CT molecular complexity index is 679. The molecule has 2 atom stereocenters. The first kappa shape index (κ1) is 17.1. The highest BCUT2D eigenvalue weighted by molar-refractivity contribution is 7.79. The SMILES string of the molecule is CS.O=C(C1CC1c1ccccc1-c1ccccc1)N1CCCC1. The number of benzene rings is 2. The second-order valence-corrected chi connectivity index (χ2v) is 6.43. The minimum absolute atomic E-state index is 0.211. The number of nitrogens with zero attached hydrogens (tertiary/aromatic N) is 1. The van der Waals surface area contributed by atoms with Gasteiger partial charge in [-0.05, 0) is 48.1 Å². The normalized spacial score (nSPS) is 21.8. The van der Waals surface area contributed by atoms with Gasteiger partial charge in [0.1, 0.15) is 0 Å². The number of carbonyl (C=O) groups is 1. The molecule has 0 aromatic heterocycles. The van der Waals surface area contributed by atoms with Gasteiger partial charge in [0, 0.05) is 19.0 Å². The molecule has 2 nitrogen and oxygen atoms in total. The highest BCUT2D eigenvalue weighted by Gasteiger charge is 2.46. The maximum Gasteiger partial charge on any atom is 0.226 e. The van der Waals surface area contributed by atoms with Crippen LogP contribution in [-0.2, 0) is 4.79 Å². The largest absolute Gasteiger partial charge is 0.342 e. The summed E-state index contributed by atoms with van der Waals surface area (Å²) in [7, 11) is 0. The van der Waals surface area contributed by atoms with Gasteiger partial charge < -0.3 is 4.90 Å². The average molecular weight is 340 g/mol. The highest BCUT2D eigenvalue weighted by Crippen LogP contribution is 2.51. The van der Waals surface area contributed by atoms with Crippen LogP contribution >= 0.6 is 12.6 Å². The maximum atomic E-state index is 12.6. The molecule has 24 heavy (non-hydrogen) atoms. The molecule has 4 rings (SSSR count). The molecule has 2 fully saturated rings. The van der Waals surface area contributed by atoms with Crippen molar-refractivity contribution in [2.24, 2.45) is 5.92 Å². The van der Waals surface area contributed by atoms with E-state index in [4.69, 9.17) is 0 Å². The highest BCUT2D eigenvalue weighted by atomic mass is 32.1. The van der Waals surface area contributed by atoms with E-state index in [0.29, 0.717) is 11.8 Å². The smallest absolute Gasteiger partial charge is 0.226 e. The molecule has 2 aromatic rings. The second kappa shape index (κ2) is 7.89. The second-order valence-electron chi connectivity index (χ2n) is 6.43. The molecule has 1 saturated heterocycles. The van der Waals surface area contributed by atoms with E-state index in [-0.39, 0.29) is 5.92 Å².